The van der Waals surface area contributed by atoms with E-state index >= 15 is 0 Å². The molecule has 1 rings (SSSR count). The van der Waals surface area contributed by atoms with Crippen LogP contribution in [0.15, 0.2) is 12.1 Å². The van der Waals surface area contributed by atoms with Crippen LogP contribution in [-0.2, 0) is 4.79 Å². The molecule has 3 nitrogen and oxygen atoms in total. The number of hydrogen-bond donors (Lipinski definition) is 2. The summed E-state index contributed by atoms with van der Waals surface area (Å²) in [5, 5.41) is 2.88. The number of halogens is 1. The van der Waals surface area contributed by atoms with E-state index in [1.54, 1.807) is 13.8 Å². The number of carbonyl (C=O) groups excluding carboxylic acids is 1. The molecule has 0 spiro atoms. The molecular weight excluding hydrogens is 276 g/mol. The van der Waals surface area contributed by atoms with Crippen molar-refractivity contribution in [1.29, 1.82) is 0 Å². The van der Waals surface area contributed by atoms with Crippen LogP contribution >= 0.6 is 35.2 Å². The summed E-state index contributed by atoms with van der Waals surface area (Å²) in [7, 11) is 0. The second-order valence-electron chi connectivity index (χ2n) is 4.33. The molecule has 3 N–H and O–H groups in total. The van der Waals surface area contributed by atoms with E-state index < -0.39 is 5.41 Å². The number of nitrogens with two attached hydrogens (primary N) is 1. The van der Waals surface area contributed by atoms with Gasteiger partial charge in [-0.1, -0.05) is 23.8 Å². The largest absolute Gasteiger partial charge is 0.392 e. The zero-order valence-electron chi connectivity index (χ0n) is 9.91. The molecule has 0 aliphatic heterocycles. The van der Waals surface area contributed by atoms with Gasteiger partial charge in [0.1, 0.15) is 0 Å². The molecule has 0 aliphatic carbocycles. The van der Waals surface area contributed by atoms with Crippen molar-refractivity contribution in [2.24, 2.45) is 11.1 Å². The molecule has 94 valence electrons. The molecule has 0 saturated heterocycles. The number of nitrogens with one attached hydrogen (secondary N) is 1. The van der Waals surface area contributed by atoms with Crippen LogP contribution < -0.4 is 11.1 Å². The van der Waals surface area contributed by atoms with Gasteiger partial charge in [0.05, 0.1) is 20.8 Å². The Labute approximate surface area is 115 Å². The molecule has 0 saturated carbocycles. The van der Waals surface area contributed by atoms with Gasteiger partial charge in [-0.05, 0) is 32.9 Å². The maximum absolute atomic E-state index is 12.0. The first kappa shape index (κ1) is 14.4. The maximum atomic E-state index is 12.0. The molecule has 17 heavy (non-hydrogen) atoms. The Morgan fingerprint density at radius 1 is 1.59 bits per heavy atom. The van der Waals surface area contributed by atoms with Crippen molar-refractivity contribution < 1.29 is 4.79 Å². The monoisotopic (exact) mass is 290 g/mol. The highest BCUT2D eigenvalue weighted by Gasteiger charge is 2.31. The van der Waals surface area contributed by atoms with E-state index in [0.717, 1.165) is 4.88 Å². The second-order valence-corrected chi connectivity index (χ2v) is 6.51. The number of thiophene rings is 1. The van der Waals surface area contributed by atoms with Gasteiger partial charge in [0.15, 0.2) is 0 Å². The highest BCUT2D eigenvalue weighted by molar-refractivity contribution is 7.80. The SMILES string of the molecule is CC(NC(=O)C(C)(C)C(N)=S)c1ccc(Cl)s1. The van der Waals surface area contributed by atoms with Gasteiger partial charge in [-0.15, -0.1) is 11.3 Å². The summed E-state index contributed by atoms with van der Waals surface area (Å²) in [6.45, 7) is 5.31. The zero-order valence-corrected chi connectivity index (χ0v) is 12.3. The molecule has 0 aliphatic rings. The minimum absolute atomic E-state index is 0.103. The van der Waals surface area contributed by atoms with E-state index in [0.29, 0.717) is 4.34 Å². The van der Waals surface area contributed by atoms with Crippen LogP contribution in [0, 0.1) is 5.41 Å². The molecule has 1 amide bonds. The number of rotatable bonds is 4. The summed E-state index contributed by atoms with van der Waals surface area (Å²) >= 11 is 12.2. The molecule has 0 bridgehead atoms. The summed E-state index contributed by atoms with van der Waals surface area (Å²) in [4.78, 5) is 13.2. The number of amides is 1. The molecule has 0 radical (unpaired) electrons. The Morgan fingerprint density at radius 3 is 2.59 bits per heavy atom. The fourth-order valence-corrected chi connectivity index (χ4v) is 2.28. The first-order valence-electron chi connectivity index (χ1n) is 5.11. The van der Waals surface area contributed by atoms with Crippen molar-refractivity contribution in [3.63, 3.8) is 0 Å². The van der Waals surface area contributed by atoms with Crippen molar-refractivity contribution in [2.75, 3.05) is 0 Å². The first-order valence-corrected chi connectivity index (χ1v) is 6.71. The third-order valence-corrected chi connectivity index (χ3v) is 4.48. The lowest BCUT2D eigenvalue weighted by Gasteiger charge is -2.24. The molecule has 1 heterocycles. The smallest absolute Gasteiger partial charge is 0.232 e. The van der Waals surface area contributed by atoms with E-state index in [9.17, 15) is 4.79 Å². The van der Waals surface area contributed by atoms with Crippen LogP contribution in [0.4, 0.5) is 0 Å². The minimum Gasteiger partial charge on any atom is -0.392 e. The summed E-state index contributed by atoms with van der Waals surface area (Å²) in [6, 6.07) is 3.60. The van der Waals surface area contributed by atoms with Crippen molar-refractivity contribution >= 4 is 46.1 Å². The topological polar surface area (TPSA) is 55.1 Å². The lowest BCUT2D eigenvalue weighted by molar-refractivity contribution is -0.126. The lowest BCUT2D eigenvalue weighted by Crippen LogP contribution is -2.45. The molecule has 0 aromatic carbocycles. The van der Waals surface area contributed by atoms with Gasteiger partial charge in [-0.25, -0.2) is 0 Å². The van der Waals surface area contributed by atoms with E-state index in [-0.39, 0.29) is 16.9 Å². The Bertz CT molecular complexity index is 442. The van der Waals surface area contributed by atoms with E-state index in [1.165, 1.54) is 11.3 Å². The average molecular weight is 291 g/mol. The lowest BCUT2D eigenvalue weighted by atomic mass is 9.92. The van der Waals surface area contributed by atoms with Gasteiger partial charge in [-0.3, -0.25) is 4.79 Å². The van der Waals surface area contributed by atoms with Gasteiger partial charge < -0.3 is 11.1 Å². The molecule has 0 fully saturated rings. The quantitative estimate of drug-likeness (QED) is 0.839. The fraction of sp³-hybridized carbons (Fsp3) is 0.455. The second kappa shape index (κ2) is 5.33. The Morgan fingerprint density at radius 2 is 2.18 bits per heavy atom. The van der Waals surface area contributed by atoms with Crippen LogP contribution in [0.3, 0.4) is 0 Å². The highest BCUT2D eigenvalue weighted by atomic mass is 35.5. The van der Waals surface area contributed by atoms with Crippen LogP contribution in [-0.4, -0.2) is 10.9 Å². The van der Waals surface area contributed by atoms with Gasteiger partial charge in [-0.2, -0.15) is 0 Å². The molecule has 1 unspecified atom stereocenters. The summed E-state index contributed by atoms with van der Waals surface area (Å²) < 4.78 is 0.703. The van der Waals surface area contributed by atoms with Crippen LogP contribution in [0.2, 0.25) is 4.34 Å². The highest BCUT2D eigenvalue weighted by Crippen LogP contribution is 2.27. The van der Waals surface area contributed by atoms with Crippen molar-refractivity contribution in [3.05, 3.63) is 21.3 Å². The Balaban J connectivity index is 2.73. The van der Waals surface area contributed by atoms with Crippen LogP contribution in [0.25, 0.3) is 0 Å². The molecule has 6 heteroatoms. The Hall–Kier alpha value is -0.650. The predicted octanol–water partition coefficient (Wildman–Crippen LogP) is 2.89. The third-order valence-electron chi connectivity index (χ3n) is 2.55. The number of hydrogen-bond acceptors (Lipinski definition) is 3. The van der Waals surface area contributed by atoms with Crippen molar-refractivity contribution in [3.8, 4) is 0 Å². The number of carbonyl (C=O) groups is 1. The van der Waals surface area contributed by atoms with Crippen molar-refractivity contribution in [1.82, 2.24) is 5.32 Å². The molecule has 1 aromatic rings. The summed E-state index contributed by atoms with van der Waals surface area (Å²) in [5.41, 5.74) is 4.70. The Kier molecular flexibility index (Phi) is 4.52. The fourth-order valence-electron chi connectivity index (χ4n) is 1.12. The van der Waals surface area contributed by atoms with E-state index in [4.69, 9.17) is 29.6 Å². The molecule has 1 atom stereocenters. The van der Waals surface area contributed by atoms with Gasteiger partial charge >= 0.3 is 0 Å². The van der Waals surface area contributed by atoms with Crippen LogP contribution in [0.1, 0.15) is 31.7 Å². The van der Waals surface area contributed by atoms with E-state index in [2.05, 4.69) is 5.32 Å². The maximum Gasteiger partial charge on any atom is 0.232 e. The van der Waals surface area contributed by atoms with E-state index in [1.807, 2.05) is 19.1 Å². The standard InChI is InChI=1S/C11H15ClN2OS2/c1-6(7-4-5-8(12)17-7)14-10(15)11(2,3)9(13)16/h4-6H,1-3H3,(H2,13,16)(H,14,15). The van der Waals surface area contributed by atoms with Gasteiger partial charge in [0, 0.05) is 4.88 Å². The third kappa shape index (κ3) is 3.40. The summed E-state index contributed by atoms with van der Waals surface area (Å²) in [6.07, 6.45) is 0. The first-order chi connectivity index (χ1) is 7.75. The van der Waals surface area contributed by atoms with Gasteiger partial charge in [0.2, 0.25) is 5.91 Å². The summed E-state index contributed by atoms with van der Waals surface area (Å²) in [5.74, 6) is -0.179. The van der Waals surface area contributed by atoms with Gasteiger partial charge in [0.25, 0.3) is 0 Å². The normalized spacial score (nSPS) is 13.2. The minimum atomic E-state index is -0.843. The molecular formula is C11H15ClN2OS2. The number of thiocarbonyl (C=S) groups is 1. The zero-order chi connectivity index (χ0) is 13.2. The molecule has 1 aromatic heterocycles. The van der Waals surface area contributed by atoms with Crippen molar-refractivity contribution in [2.45, 2.75) is 26.8 Å². The predicted molar refractivity (Wildman–Crippen MR) is 76.5 cm³/mol. The average Bonchev–Trinajstić information content (AvgIpc) is 2.64. The van der Waals surface area contributed by atoms with Crippen LogP contribution in [0.5, 0.6) is 0 Å².